The molecule has 15 N–H and O–H groups in total. The molecular formula is C73H123N3O23S. The van der Waals surface area contributed by atoms with Crippen molar-refractivity contribution in [1.82, 2.24) is 16.0 Å². The standard InChI is InChI=1S/C73H123N3O23S/c1-41-46(39-73(88)61(97-63(84)44-26-19-16-20-27-44)58-71(13,60(82)52(80)50(41)70(73,11)12)47(78)38-48-72(58,40-93-48)98-42(2)77)95-64(85)53(51(43-24-17-15-18-25-43)76-66(87)99-68(6,7)8)96-65(86)57-55-54(91-32-23-33-92-55)56(100-57)62(83)75-45(59(81)67(3,4)5)28-21-22-31-74-49(79)29-34-90-36-37-94-69(9,10)30-35-89-14/h15-20,24-27,41-42,45-66,74-88H,21-23,28-40H2,1-14H3/t41?,42-,45?,46-,47-,48+,49-,50-,51-,52+,53+,54?,55+,56+,57?,58-,59+,60+,61-,62+,63+,64-,65+,66+,71+,72-,73+/m1/s1. The minimum atomic E-state index is -2.26. The predicted molar refractivity (Wildman–Crippen MR) is 370 cm³/mol. The van der Waals surface area contributed by atoms with E-state index in [2.05, 4.69) is 16.0 Å². The van der Waals surface area contributed by atoms with Crippen LogP contribution in [0.15, 0.2) is 60.7 Å². The van der Waals surface area contributed by atoms with Gasteiger partial charge in [0, 0.05) is 80.5 Å². The summed E-state index contributed by atoms with van der Waals surface area (Å²) in [6.45, 7) is 25.6. The first-order valence-electron chi connectivity index (χ1n) is 36.0. The molecule has 27 atom stereocenters. The van der Waals surface area contributed by atoms with Gasteiger partial charge in [0.15, 0.2) is 25.2 Å². The number of ether oxygens (including phenoxy) is 11. The molecule has 6 aliphatic rings. The van der Waals surface area contributed by atoms with Crippen LogP contribution in [-0.4, -0.2) is 259 Å². The summed E-state index contributed by atoms with van der Waals surface area (Å²) in [7, 11) is 1.66. The first kappa shape index (κ1) is 83.4. The quantitative estimate of drug-likeness (QED) is 0.0342. The van der Waals surface area contributed by atoms with Crippen molar-refractivity contribution in [2.75, 3.05) is 59.9 Å². The molecule has 0 radical (unpaired) electrons. The molecule has 3 aliphatic carbocycles. The summed E-state index contributed by atoms with van der Waals surface area (Å²) >= 11 is 1.14. The molecule has 8 rings (SSSR count). The lowest BCUT2D eigenvalue weighted by Crippen LogP contribution is -2.83. The minimum absolute atomic E-state index is 0.0880. The number of methoxy groups -OCH3 is 1. The van der Waals surface area contributed by atoms with Crippen LogP contribution in [0.25, 0.3) is 0 Å². The second-order valence-electron chi connectivity index (χ2n) is 32.1. The summed E-state index contributed by atoms with van der Waals surface area (Å²) < 4.78 is 69.0. The lowest BCUT2D eigenvalue weighted by molar-refractivity contribution is -0.417. The Balaban J connectivity index is 1.07. The number of fused-ring (bicyclic) bond motifs is 6. The fourth-order valence-corrected chi connectivity index (χ4v) is 18.0. The summed E-state index contributed by atoms with van der Waals surface area (Å²) in [5.74, 6) is -3.37. The first-order chi connectivity index (χ1) is 46.9. The Morgan fingerprint density at radius 2 is 1.39 bits per heavy atom. The average Bonchev–Trinajstić information content (AvgIpc) is 0.745. The molecule has 2 bridgehead atoms. The van der Waals surface area contributed by atoms with Crippen molar-refractivity contribution in [2.45, 2.75) is 291 Å². The molecule has 27 heteroatoms. The Kier molecular flexibility index (Phi) is 29.4. The summed E-state index contributed by atoms with van der Waals surface area (Å²) in [5.41, 5.74) is -8.29. The zero-order valence-corrected chi connectivity index (χ0v) is 62.0. The van der Waals surface area contributed by atoms with Crippen LogP contribution in [0.2, 0.25) is 0 Å². The van der Waals surface area contributed by atoms with Gasteiger partial charge >= 0.3 is 0 Å². The molecule has 3 heterocycles. The lowest BCUT2D eigenvalue weighted by Gasteiger charge is -2.71. The maximum absolute atomic E-state index is 14.3. The van der Waals surface area contributed by atoms with Gasteiger partial charge in [-0.05, 0) is 90.7 Å². The molecule has 0 amide bonds. The molecule has 100 heavy (non-hydrogen) atoms. The van der Waals surface area contributed by atoms with Gasteiger partial charge in [-0.25, -0.2) is 0 Å². The maximum atomic E-state index is 14.3. The number of thioether (sulfide) groups is 1. The smallest absolute Gasteiger partial charge is 0.214 e. The number of rotatable bonds is 36. The zero-order chi connectivity index (χ0) is 73.5. The van der Waals surface area contributed by atoms with E-state index >= 15 is 0 Å². The molecule has 26 nitrogen and oxygen atoms in total. The predicted octanol–water partition coefficient (Wildman–Crippen LogP) is 3.58. The van der Waals surface area contributed by atoms with Gasteiger partial charge in [-0.15, -0.1) is 11.8 Å². The summed E-state index contributed by atoms with van der Waals surface area (Å²) in [6.07, 6.45) is -21.6. The van der Waals surface area contributed by atoms with Crippen molar-refractivity contribution in [1.29, 1.82) is 0 Å². The Labute approximate surface area is 595 Å². The number of nitrogens with one attached hydrogen (secondary N) is 3. The van der Waals surface area contributed by atoms with Crippen LogP contribution < -0.4 is 16.0 Å². The molecule has 3 saturated heterocycles. The van der Waals surface area contributed by atoms with Gasteiger partial charge in [0.1, 0.15) is 36.4 Å². The minimum Gasteiger partial charge on any atom is -0.392 e. The third-order valence-electron chi connectivity index (χ3n) is 22.0. The van der Waals surface area contributed by atoms with Gasteiger partial charge in [-0.2, -0.15) is 0 Å². The highest BCUT2D eigenvalue weighted by Gasteiger charge is 2.78. The van der Waals surface area contributed by atoms with Crippen LogP contribution in [-0.2, 0) is 52.1 Å². The Morgan fingerprint density at radius 1 is 0.750 bits per heavy atom. The van der Waals surface area contributed by atoms with Gasteiger partial charge in [-0.1, -0.05) is 116 Å². The largest absolute Gasteiger partial charge is 0.392 e. The molecule has 6 fully saturated rings. The molecule has 4 unspecified atom stereocenters. The Morgan fingerprint density at radius 3 is 1.99 bits per heavy atom. The second-order valence-corrected chi connectivity index (χ2v) is 33.4. The van der Waals surface area contributed by atoms with Crippen molar-refractivity contribution in [3.8, 4) is 0 Å². The number of unbranched alkanes of at least 4 members (excludes halogenated alkanes) is 1. The van der Waals surface area contributed by atoms with Crippen molar-refractivity contribution in [2.24, 2.45) is 34.0 Å². The molecule has 2 aromatic carbocycles. The highest BCUT2D eigenvalue weighted by Crippen LogP contribution is 2.66. The lowest BCUT2D eigenvalue weighted by atomic mass is 9.42. The van der Waals surface area contributed by atoms with Gasteiger partial charge < -0.3 is 113 Å². The van der Waals surface area contributed by atoms with Crippen LogP contribution in [0.5, 0.6) is 0 Å². The second kappa shape index (κ2) is 35.2. The third kappa shape index (κ3) is 19.4. The van der Waals surface area contributed by atoms with E-state index in [1.807, 2.05) is 34.6 Å². The molecule has 3 saturated carbocycles. The van der Waals surface area contributed by atoms with E-state index in [1.54, 1.807) is 116 Å². The molecule has 3 aliphatic heterocycles. The monoisotopic (exact) mass is 1440 g/mol. The highest BCUT2D eigenvalue weighted by atomic mass is 32.2. The topological polar surface area (TPSA) is 380 Å². The van der Waals surface area contributed by atoms with Gasteiger partial charge in [0.05, 0.1) is 103 Å². The number of aliphatic hydroxyl groups is 12. The fourth-order valence-electron chi connectivity index (χ4n) is 16.4. The van der Waals surface area contributed by atoms with Crippen LogP contribution in [0.4, 0.5) is 0 Å². The normalized spacial score (nSPS) is 35.0. The molecule has 0 aromatic heterocycles. The Bertz CT molecular complexity index is 2760. The summed E-state index contributed by atoms with van der Waals surface area (Å²) in [5, 5.41) is 157. The number of benzene rings is 2. The number of aliphatic hydroxyl groups excluding tert-OH is 11. The van der Waals surface area contributed by atoms with Gasteiger partial charge in [0.25, 0.3) is 0 Å². The number of hydrogen-bond acceptors (Lipinski definition) is 27. The van der Waals surface area contributed by atoms with E-state index in [0.717, 1.165) is 18.2 Å². The van der Waals surface area contributed by atoms with E-state index in [0.29, 0.717) is 76.2 Å². The van der Waals surface area contributed by atoms with Gasteiger partial charge in [-0.3, -0.25) is 16.0 Å². The van der Waals surface area contributed by atoms with E-state index in [9.17, 15) is 61.3 Å². The number of hydrogen-bond donors (Lipinski definition) is 15. The SMILES string of the molecule is COCCC(C)(C)OCCOCC[C@@H](O)NCCCCC(N[C@@H](O)[C@H]1SC([C@@H](O)O[C@H]([C@H](O)O[C@@H]2C[C@]3(O)[C@H](O[C@H](O)c4ccccc4)[C@H]4[C@@]5(O[C@H](C)O)CO[C@H]5C[C@@H](O)[C@]4(C)[C@@H](O)[C@@H](O)[C@@H](C2C)C3(C)C)[C@H](N[C@@H](O)OC(C)(C)C)c2ccccc2)[C@H]2OCCCOC21)[C@H](O)C(C)(C)C. The highest BCUT2D eigenvalue weighted by molar-refractivity contribution is 8.01. The fraction of sp³-hybridized carbons (Fsp3) is 0.836. The van der Waals surface area contributed by atoms with Crippen molar-refractivity contribution in [3.63, 3.8) is 0 Å². The van der Waals surface area contributed by atoms with E-state index in [-0.39, 0.29) is 31.8 Å². The van der Waals surface area contributed by atoms with Crippen molar-refractivity contribution in [3.05, 3.63) is 71.8 Å². The third-order valence-corrected chi connectivity index (χ3v) is 23.6. The van der Waals surface area contributed by atoms with Gasteiger partial charge in [0.2, 0.25) is 6.41 Å². The maximum Gasteiger partial charge on any atom is 0.214 e. The molecular weight excluding hydrogens is 1320 g/mol. The molecule has 574 valence electrons. The van der Waals surface area contributed by atoms with Crippen LogP contribution in [0.3, 0.4) is 0 Å². The van der Waals surface area contributed by atoms with Crippen LogP contribution >= 0.6 is 11.8 Å². The Hall–Kier alpha value is -2.25. The van der Waals surface area contributed by atoms with Crippen molar-refractivity contribution < 1.29 is 113 Å². The average molecular weight is 1440 g/mol. The zero-order valence-electron chi connectivity index (χ0n) is 61.2. The van der Waals surface area contributed by atoms with E-state index < -0.39 is 185 Å². The summed E-state index contributed by atoms with van der Waals surface area (Å²) in [4.78, 5) is 0. The molecule has 2 aromatic rings. The van der Waals surface area contributed by atoms with E-state index in [4.69, 9.17) is 52.1 Å². The van der Waals surface area contributed by atoms with E-state index in [1.165, 1.54) is 6.92 Å². The van der Waals surface area contributed by atoms with Crippen molar-refractivity contribution >= 4 is 11.8 Å². The van der Waals surface area contributed by atoms with Crippen LogP contribution in [0, 0.1) is 34.0 Å². The molecule has 0 spiro atoms. The summed E-state index contributed by atoms with van der Waals surface area (Å²) in [6, 6.07) is 15.2. The first-order valence-corrected chi connectivity index (χ1v) is 37.0. The van der Waals surface area contributed by atoms with Crippen LogP contribution in [0.1, 0.15) is 165 Å².